The van der Waals surface area contributed by atoms with Crippen molar-refractivity contribution in [2.75, 3.05) is 6.61 Å². The molecule has 0 saturated carbocycles. The van der Waals surface area contributed by atoms with E-state index < -0.39 is 23.1 Å². The minimum absolute atomic E-state index is 0.0881. The SMILES string of the molecule is CC(C)=CCC/C(C)=C/COc1cccc2c(O)c(OC(=O)c3ccccc3)c(=O)oc12. The molecule has 0 spiro atoms. The average Bonchev–Trinajstić information content (AvgIpc) is 2.77. The zero-order valence-electron chi connectivity index (χ0n) is 18.4. The number of aromatic hydroxyl groups is 1. The summed E-state index contributed by atoms with van der Waals surface area (Å²) in [7, 11) is 0. The largest absolute Gasteiger partial charge is 0.504 e. The molecule has 166 valence electrons. The third-order valence-electron chi connectivity index (χ3n) is 4.80. The van der Waals surface area contributed by atoms with E-state index in [1.54, 1.807) is 48.5 Å². The molecule has 1 aromatic heterocycles. The number of esters is 1. The number of carbonyl (C=O) groups excluding carboxylic acids is 1. The summed E-state index contributed by atoms with van der Waals surface area (Å²) in [4.78, 5) is 24.7. The van der Waals surface area contributed by atoms with Crippen LogP contribution in [0.5, 0.6) is 17.2 Å². The van der Waals surface area contributed by atoms with Gasteiger partial charge in [0.05, 0.1) is 10.9 Å². The normalized spacial score (nSPS) is 11.3. The molecule has 3 rings (SSSR count). The fourth-order valence-electron chi connectivity index (χ4n) is 3.06. The van der Waals surface area contributed by atoms with Gasteiger partial charge in [-0.1, -0.05) is 41.5 Å². The van der Waals surface area contributed by atoms with Crippen molar-refractivity contribution in [1.82, 2.24) is 0 Å². The van der Waals surface area contributed by atoms with Gasteiger partial charge in [0.1, 0.15) is 6.61 Å². The van der Waals surface area contributed by atoms with Crippen molar-refractivity contribution in [2.24, 2.45) is 0 Å². The smallest absolute Gasteiger partial charge is 0.383 e. The number of carbonyl (C=O) groups is 1. The fraction of sp³-hybridized carbons (Fsp3) is 0.231. The van der Waals surface area contributed by atoms with Gasteiger partial charge in [-0.25, -0.2) is 9.59 Å². The van der Waals surface area contributed by atoms with Gasteiger partial charge >= 0.3 is 11.6 Å². The van der Waals surface area contributed by atoms with Gasteiger partial charge in [0, 0.05) is 0 Å². The molecule has 0 atom stereocenters. The van der Waals surface area contributed by atoms with E-state index >= 15 is 0 Å². The number of rotatable bonds is 8. The Morgan fingerprint density at radius 2 is 1.78 bits per heavy atom. The summed E-state index contributed by atoms with van der Waals surface area (Å²) in [5.74, 6) is -1.49. The summed E-state index contributed by atoms with van der Waals surface area (Å²) in [6.07, 6.45) is 6.04. The van der Waals surface area contributed by atoms with Crippen molar-refractivity contribution >= 4 is 16.9 Å². The molecule has 32 heavy (non-hydrogen) atoms. The summed E-state index contributed by atoms with van der Waals surface area (Å²) in [5.41, 5.74) is 1.83. The van der Waals surface area contributed by atoms with E-state index in [0.29, 0.717) is 5.75 Å². The summed E-state index contributed by atoms with van der Waals surface area (Å²) in [5, 5.41) is 10.8. The first-order valence-electron chi connectivity index (χ1n) is 10.3. The zero-order chi connectivity index (χ0) is 23.1. The van der Waals surface area contributed by atoms with Gasteiger partial charge in [-0.05, 0) is 64.0 Å². The maximum Gasteiger partial charge on any atom is 0.383 e. The third kappa shape index (κ3) is 5.66. The third-order valence-corrected chi connectivity index (χ3v) is 4.80. The number of benzene rings is 2. The molecule has 0 radical (unpaired) electrons. The first-order chi connectivity index (χ1) is 15.4. The highest BCUT2D eigenvalue weighted by Gasteiger charge is 2.21. The van der Waals surface area contributed by atoms with Gasteiger partial charge in [0.15, 0.2) is 17.1 Å². The average molecular weight is 434 g/mol. The second-order valence-electron chi connectivity index (χ2n) is 7.64. The molecule has 6 heteroatoms. The molecule has 0 saturated heterocycles. The molecule has 6 nitrogen and oxygen atoms in total. The summed E-state index contributed by atoms with van der Waals surface area (Å²) in [6.45, 7) is 6.46. The molecule has 1 heterocycles. The van der Waals surface area contributed by atoms with Crippen LogP contribution in [0.2, 0.25) is 0 Å². The van der Waals surface area contributed by atoms with Crippen LogP contribution in [0.25, 0.3) is 11.0 Å². The number of ether oxygens (including phenoxy) is 2. The first-order valence-corrected chi connectivity index (χ1v) is 10.3. The quantitative estimate of drug-likeness (QED) is 0.274. The lowest BCUT2D eigenvalue weighted by atomic mass is 10.1. The van der Waals surface area contributed by atoms with E-state index in [0.717, 1.165) is 12.8 Å². The van der Waals surface area contributed by atoms with E-state index in [1.807, 2.05) is 13.0 Å². The highest BCUT2D eigenvalue weighted by atomic mass is 16.6. The Balaban J connectivity index is 1.80. The predicted octanol–water partition coefficient (Wildman–Crippen LogP) is 5.79. The lowest BCUT2D eigenvalue weighted by Gasteiger charge is -2.10. The van der Waals surface area contributed by atoms with E-state index in [9.17, 15) is 14.7 Å². The van der Waals surface area contributed by atoms with Crippen LogP contribution in [0, 0.1) is 0 Å². The molecule has 0 aliphatic carbocycles. The minimum Gasteiger partial charge on any atom is -0.504 e. The van der Waals surface area contributed by atoms with Gasteiger partial charge < -0.3 is 19.0 Å². The van der Waals surface area contributed by atoms with Crippen molar-refractivity contribution < 1.29 is 23.8 Å². The molecule has 0 fully saturated rings. The van der Waals surface area contributed by atoms with Crippen molar-refractivity contribution in [3.05, 3.63) is 87.8 Å². The van der Waals surface area contributed by atoms with Gasteiger partial charge in [0.25, 0.3) is 5.75 Å². The molecule has 2 aromatic carbocycles. The Morgan fingerprint density at radius 3 is 2.50 bits per heavy atom. The minimum atomic E-state index is -0.969. The van der Waals surface area contributed by atoms with Crippen LogP contribution in [-0.4, -0.2) is 17.7 Å². The molecule has 1 N–H and O–H groups in total. The van der Waals surface area contributed by atoms with Gasteiger partial charge in [-0.2, -0.15) is 0 Å². The molecular formula is C26H26O6. The number of hydrogen-bond acceptors (Lipinski definition) is 6. The van der Waals surface area contributed by atoms with Crippen LogP contribution in [0.4, 0.5) is 0 Å². The van der Waals surface area contributed by atoms with Gasteiger partial charge in [0.2, 0.25) is 0 Å². The van der Waals surface area contributed by atoms with Gasteiger partial charge in [-0.15, -0.1) is 0 Å². The number of allylic oxidation sites excluding steroid dienone is 3. The lowest BCUT2D eigenvalue weighted by molar-refractivity contribution is 0.0723. The fourth-order valence-corrected chi connectivity index (χ4v) is 3.06. The monoisotopic (exact) mass is 434 g/mol. The van der Waals surface area contributed by atoms with Crippen molar-refractivity contribution in [3.8, 4) is 17.2 Å². The maximum atomic E-state index is 12.5. The molecule has 0 aliphatic heterocycles. The van der Waals surface area contributed by atoms with Crippen LogP contribution < -0.4 is 15.1 Å². The predicted molar refractivity (Wildman–Crippen MR) is 123 cm³/mol. The molecule has 0 unspecified atom stereocenters. The van der Waals surface area contributed by atoms with E-state index in [1.165, 1.54) is 11.1 Å². The molecule has 0 aliphatic rings. The van der Waals surface area contributed by atoms with Crippen LogP contribution in [-0.2, 0) is 0 Å². The maximum absolute atomic E-state index is 12.5. The Bertz CT molecular complexity index is 1210. The van der Waals surface area contributed by atoms with Crippen LogP contribution in [0.15, 0.2) is 81.0 Å². The van der Waals surface area contributed by atoms with Crippen molar-refractivity contribution in [1.29, 1.82) is 0 Å². The Labute approximate surface area is 186 Å². The Morgan fingerprint density at radius 1 is 1.03 bits per heavy atom. The summed E-state index contributed by atoms with van der Waals surface area (Å²) >= 11 is 0. The molecule has 0 amide bonds. The molecular weight excluding hydrogens is 408 g/mol. The Kier molecular flexibility index (Phi) is 7.49. The molecule has 3 aromatic rings. The topological polar surface area (TPSA) is 86.0 Å². The number of fused-ring (bicyclic) bond motifs is 1. The van der Waals surface area contributed by atoms with Crippen LogP contribution in [0.3, 0.4) is 0 Å². The first kappa shape index (κ1) is 22.9. The zero-order valence-corrected chi connectivity index (χ0v) is 18.4. The second kappa shape index (κ2) is 10.5. The number of para-hydroxylation sites is 1. The Hall–Kier alpha value is -3.80. The van der Waals surface area contributed by atoms with E-state index in [2.05, 4.69) is 19.9 Å². The number of hydrogen-bond donors (Lipinski definition) is 1. The highest BCUT2D eigenvalue weighted by molar-refractivity contribution is 5.94. The van der Waals surface area contributed by atoms with Crippen LogP contribution in [0.1, 0.15) is 44.0 Å². The van der Waals surface area contributed by atoms with Crippen molar-refractivity contribution in [2.45, 2.75) is 33.6 Å². The summed E-state index contributed by atoms with van der Waals surface area (Å²) < 4.78 is 16.2. The summed E-state index contributed by atoms with van der Waals surface area (Å²) in [6, 6.07) is 13.0. The lowest BCUT2D eigenvalue weighted by Crippen LogP contribution is -2.14. The van der Waals surface area contributed by atoms with E-state index in [-0.39, 0.29) is 23.1 Å². The van der Waals surface area contributed by atoms with Crippen molar-refractivity contribution in [3.63, 3.8) is 0 Å². The van der Waals surface area contributed by atoms with Crippen LogP contribution >= 0.6 is 0 Å². The van der Waals surface area contributed by atoms with Gasteiger partial charge in [-0.3, -0.25) is 0 Å². The highest BCUT2D eigenvalue weighted by Crippen LogP contribution is 2.36. The van der Waals surface area contributed by atoms with E-state index in [4.69, 9.17) is 13.9 Å². The second-order valence-corrected chi connectivity index (χ2v) is 7.64. The standard InChI is InChI=1S/C26H26O6/c1-17(2)9-7-10-18(3)15-16-30-21-14-8-13-20-22(27)24(26(29)31-23(20)21)32-25(28)19-11-5-4-6-12-19/h4-6,8-9,11-15,27H,7,10,16H2,1-3H3/b18-15+. The molecule has 0 bridgehead atoms.